The number of likely N-dealkylation sites (N-methyl/N-ethyl adjacent to an activating group) is 1. The first-order valence-corrected chi connectivity index (χ1v) is 10.1. The molecule has 0 saturated carbocycles. The van der Waals surface area contributed by atoms with Crippen LogP contribution in [0.25, 0.3) is 0 Å². The van der Waals surface area contributed by atoms with Crippen molar-refractivity contribution in [2.45, 2.75) is 58.1 Å². The second-order valence-electron chi connectivity index (χ2n) is 7.63. The monoisotopic (exact) mass is 353 g/mol. The van der Waals surface area contributed by atoms with E-state index in [1.54, 1.807) is 7.11 Å². The molecular weight excluding hydrogens is 314 g/mol. The molecule has 0 aromatic carbocycles. The number of nitrogens with one attached hydrogen (secondary N) is 2. The minimum Gasteiger partial charge on any atom is -0.491 e. The molecule has 3 atom stereocenters. The Bertz CT molecular complexity index is 408. The summed E-state index contributed by atoms with van der Waals surface area (Å²) in [6, 6.07) is 0.518. The highest BCUT2D eigenvalue weighted by atomic mass is 16.5. The van der Waals surface area contributed by atoms with Crippen LogP contribution in [0.5, 0.6) is 0 Å². The third kappa shape index (κ3) is 6.55. The van der Waals surface area contributed by atoms with Gasteiger partial charge in [0.1, 0.15) is 6.10 Å². The van der Waals surface area contributed by atoms with Crippen LogP contribution < -0.4 is 10.6 Å². The summed E-state index contributed by atoms with van der Waals surface area (Å²) in [4.78, 5) is 2.54. The number of nitrogens with zero attached hydrogens (tertiary/aromatic N) is 1. The average Bonchev–Trinajstić information content (AvgIpc) is 2.66. The Morgan fingerprint density at radius 2 is 2.00 bits per heavy atom. The molecule has 5 nitrogen and oxygen atoms in total. The Hall–Kier alpha value is -0.620. The van der Waals surface area contributed by atoms with E-state index in [2.05, 4.69) is 36.4 Å². The van der Waals surface area contributed by atoms with Gasteiger partial charge in [-0.15, -0.1) is 0 Å². The zero-order valence-electron chi connectivity index (χ0n) is 16.8. The Labute approximate surface area is 154 Å². The number of allylic oxidation sites excluding steroid dienone is 1. The molecule has 2 rings (SSSR count). The van der Waals surface area contributed by atoms with Gasteiger partial charge in [0.2, 0.25) is 0 Å². The van der Waals surface area contributed by atoms with Crippen molar-refractivity contribution < 1.29 is 9.47 Å². The lowest BCUT2D eigenvalue weighted by Gasteiger charge is -2.36. The molecule has 0 radical (unpaired) electrons. The molecule has 0 amide bonds. The van der Waals surface area contributed by atoms with Gasteiger partial charge < -0.3 is 20.1 Å². The summed E-state index contributed by atoms with van der Waals surface area (Å²) in [7, 11) is 3.83. The summed E-state index contributed by atoms with van der Waals surface area (Å²) < 4.78 is 12.1. The number of ether oxygens (including phenoxy) is 2. The lowest BCUT2D eigenvalue weighted by atomic mass is 9.91. The summed E-state index contributed by atoms with van der Waals surface area (Å²) in [5, 5.41) is 6.98. The fraction of sp³-hybridized carbons (Fsp3) is 0.900. The molecule has 2 aliphatic heterocycles. The fourth-order valence-electron chi connectivity index (χ4n) is 4.00. The van der Waals surface area contributed by atoms with Crippen LogP contribution in [0.4, 0.5) is 0 Å². The number of hydrogen-bond acceptors (Lipinski definition) is 5. The van der Waals surface area contributed by atoms with Crippen molar-refractivity contribution in [2.75, 3.05) is 53.5 Å². The maximum absolute atomic E-state index is 6.62. The third-order valence-electron chi connectivity index (χ3n) is 5.64. The van der Waals surface area contributed by atoms with Crippen LogP contribution >= 0.6 is 0 Å². The lowest BCUT2D eigenvalue weighted by Crippen LogP contribution is -2.47. The number of rotatable bonds is 9. The van der Waals surface area contributed by atoms with E-state index in [-0.39, 0.29) is 6.10 Å². The zero-order chi connectivity index (χ0) is 18.1. The lowest BCUT2D eigenvalue weighted by molar-refractivity contribution is -0.00342. The molecule has 0 aliphatic carbocycles. The average molecular weight is 354 g/mol. The maximum Gasteiger partial charge on any atom is 0.134 e. The minimum atomic E-state index is 0.120. The van der Waals surface area contributed by atoms with Gasteiger partial charge in [0, 0.05) is 38.7 Å². The second-order valence-corrected chi connectivity index (χ2v) is 7.63. The van der Waals surface area contributed by atoms with Gasteiger partial charge in [-0.25, -0.2) is 0 Å². The normalized spacial score (nSPS) is 27.7. The van der Waals surface area contributed by atoms with Crippen LogP contribution in [0.3, 0.4) is 0 Å². The maximum atomic E-state index is 6.62. The van der Waals surface area contributed by atoms with Gasteiger partial charge in [-0.3, -0.25) is 4.90 Å². The van der Waals surface area contributed by atoms with E-state index in [4.69, 9.17) is 9.47 Å². The molecule has 0 bridgehead atoms. The van der Waals surface area contributed by atoms with Crippen LogP contribution in [-0.4, -0.2) is 70.5 Å². The Kier molecular flexibility index (Phi) is 9.24. The molecule has 5 heteroatoms. The van der Waals surface area contributed by atoms with Gasteiger partial charge in [-0.2, -0.15) is 0 Å². The zero-order valence-corrected chi connectivity index (χ0v) is 16.8. The predicted octanol–water partition coefficient (Wildman–Crippen LogP) is 2.39. The minimum absolute atomic E-state index is 0.120. The number of piperidine rings is 2. The summed E-state index contributed by atoms with van der Waals surface area (Å²) >= 11 is 0. The van der Waals surface area contributed by atoms with Crippen molar-refractivity contribution in [3.63, 3.8) is 0 Å². The summed E-state index contributed by atoms with van der Waals surface area (Å²) in [6.45, 7) is 10.5. The van der Waals surface area contributed by atoms with E-state index >= 15 is 0 Å². The Morgan fingerprint density at radius 1 is 1.24 bits per heavy atom. The van der Waals surface area contributed by atoms with E-state index in [9.17, 15) is 0 Å². The second kappa shape index (κ2) is 11.2. The van der Waals surface area contributed by atoms with Crippen molar-refractivity contribution in [3.8, 4) is 0 Å². The van der Waals surface area contributed by atoms with E-state index in [1.807, 2.05) is 0 Å². The molecule has 146 valence electrons. The van der Waals surface area contributed by atoms with Crippen molar-refractivity contribution >= 4 is 0 Å². The molecule has 0 aromatic heterocycles. The highest BCUT2D eigenvalue weighted by Crippen LogP contribution is 2.27. The van der Waals surface area contributed by atoms with E-state index in [0.717, 1.165) is 32.5 Å². The molecule has 25 heavy (non-hydrogen) atoms. The van der Waals surface area contributed by atoms with Gasteiger partial charge in [0.05, 0.1) is 12.4 Å². The highest BCUT2D eigenvalue weighted by Gasteiger charge is 2.28. The summed E-state index contributed by atoms with van der Waals surface area (Å²) in [6.07, 6.45) is 6.29. The molecule has 2 fully saturated rings. The molecule has 3 unspecified atom stereocenters. The number of methoxy groups -OCH3 is 1. The quantitative estimate of drug-likeness (QED) is 0.623. The number of likely N-dealkylation sites (tertiary alicyclic amines) is 1. The molecule has 2 aliphatic rings. The smallest absolute Gasteiger partial charge is 0.134 e. The topological polar surface area (TPSA) is 45.8 Å². The molecule has 2 saturated heterocycles. The SMILES string of the molecule is CC/C(C)=C(/OC(COC)CN1CCCCC1)C1CNCC(NC)C1. The van der Waals surface area contributed by atoms with Gasteiger partial charge in [0.15, 0.2) is 0 Å². The molecule has 0 spiro atoms. The summed E-state index contributed by atoms with van der Waals surface area (Å²) in [5.41, 5.74) is 1.38. The van der Waals surface area contributed by atoms with Crippen LogP contribution in [0.2, 0.25) is 0 Å². The van der Waals surface area contributed by atoms with Gasteiger partial charge >= 0.3 is 0 Å². The first-order valence-electron chi connectivity index (χ1n) is 10.1. The van der Waals surface area contributed by atoms with Crippen LogP contribution in [0.1, 0.15) is 46.0 Å². The Morgan fingerprint density at radius 3 is 2.64 bits per heavy atom. The molecule has 2 heterocycles. The highest BCUT2D eigenvalue weighted by molar-refractivity contribution is 5.12. The van der Waals surface area contributed by atoms with Gasteiger partial charge in [-0.1, -0.05) is 13.3 Å². The predicted molar refractivity (Wildman–Crippen MR) is 104 cm³/mol. The standard InChI is InChI=1S/C20H39N3O2/c1-5-16(2)20(17-11-18(21-3)13-22-12-17)25-19(15-24-4)14-23-9-7-6-8-10-23/h17-19,21-22H,5-15H2,1-4H3/b20-16+. The van der Waals surface area contributed by atoms with Crippen molar-refractivity contribution in [1.82, 2.24) is 15.5 Å². The van der Waals surface area contributed by atoms with Crippen LogP contribution in [-0.2, 0) is 9.47 Å². The van der Waals surface area contributed by atoms with Crippen molar-refractivity contribution in [2.24, 2.45) is 5.92 Å². The third-order valence-corrected chi connectivity index (χ3v) is 5.64. The first-order chi connectivity index (χ1) is 12.2. The van der Waals surface area contributed by atoms with Crippen molar-refractivity contribution in [1.29, 1.82) is 0 Å². The van der Waals surface area contributed by atoms with E-state index in [1.165, 1.54) is 43.7 Å². The Balaban J connectivity index is 2.04. The molecular formula is C20H39N3O2. The fourth-order valence-corrected chi connectivity index (χ4v) is 4.00. The van der Waals surface area contributed by atoms with Crippen molar-refractivity contribution in [3.05, 3.63) is 11.3 Å². The largest absolute Gasteiger partial charge is 0.491 e. The molecule has 0 aromatic rings. The molecule has 2 N–H and O–H groups in total. The van der Waals surface area contributed by atoms with Gasteiger partial charge in [0.25, 0.3) is 0 Å². The van der Waals surface area contributed by atoms with E-state index in [0.29, 0.717) is 18.6 Å². The number of hydrogen-bond donors (Lipinski definition) is 2. The first kappa shape index (κ1) is 20.7. The van der Waals surface area contributed by atoms with Crippen LogP contribution in [0, 0.1) is 5.92 Å². The summed E-state index contributed by atoms with van der Waals surface area (Å²) in [5.74, 6) is 1.65. The van der Waals surface area contributed by atoms with Gasteiger partial charge in [-0.05, 0) is 58.3 Å². The van der Waals surface area contributed by atoms with Crippen LogP contribution in [0.15, 0.2) is 11.3 Å². The van der Waals surface area contributed by atoms with E-state index < -0.39 is 0 Å².